The van der Waals surface area contributed by atoms with Crippen LogP contribution in [0.1, 0.15) is 56.0 Å². The molecule has 5 nitrogen and oxygen atoms in total. The maximum atomic E-state index is 13.3. The first-order valence-electron chi connectivity index (χ1n) is 8.83. The lowest BCUT2D eigenvalue weighted by Crippen LogP contribution is -2.26. The van der Waals surface area contributed by atoms with Gasteiger partial charge in [0.1, 0.15) is 4.83 Å². The van der Waals surface area contributed by atoms with Gasteiger partial charge in [0.05, 0.1) is 18.2 Å². The number of ether oxygens (including phenoxy) is 1. The minimum Gasteiger partial charge on any atom is -0.468 e. The van der Waals surface area contributed by atoms with Crippen LogP contribution >= 0.6 is 23.1 Å². The molecule has 2 aromatic rings. The number of nitrogens with zero attached hydrogens (tertiary/aromatic N) is 2. The number of hydrogen-bond donors (Lipinski definition) is 0. The van der Waals surface area contributed by atoms with Gasteiger partial charge in [-0.2, -0.15) is 0 Å². The quantitative estimate of drug-likeness (QED) is 0.340. The van der Waals surface area contributed by atoms with Crippen molar-refractivity contribution < 1.29 is 9.53 Å². The lowest BCUT2D eigenvalue weighted by Gasteiger charge is -2.17. The second-order valence-corrected chi connectivity index (χ2v) is 8.46. The maximum Gasteiger partial charge on any atom is 0.316 e. The van der Waals surface area contributed by atoms with E-state index in [1.54, 1.807) is 15.9 Å². The van der Waals surface area contributed by atoms with E-state index < -0.39 is 0 Å². The molecular formula is C18H24N2O3S2. The summed E-state index contributed by atoms with van der Waals surface area (Å²) in [7, 11) is 1.37. The van der Waals surface area contributed by atoms with Crippen molar-refractivity contribution in [2.75, 3.05) is 12.9 Å². The van der Waals surface area contributed by atoms with Crippen LogP contribution in [0.3, 0.4) is 0 Å². The van der Waals surface area contributed by atoms with Crippen LogP contribution in [-0.4, -0.2) is 28.4 Å². The SMILES string of the molecule is CCC(C)n1c(SCC(=O)OC)nc2sc3c(c2c1=O)CCCCC3. The fourth-order valence-electron chi connectivity index (χ4n) is 3.23. The Balaban J connectivity index is 2.15. The van der Waals surface area contributed by atoms with E-state index in [-0.39, 0.29) is 23.3 Å². The summed E-state index contributed by atoms with van der Waals surface area (Å²) in [6.45, 7) is 4.09. The van der Waals surface area contributed by atoms with Gasteiger partial charge < -0.3 is 4.74 Å². The third kappa shape index (κ3) is 3.62. The van der Waals surface area contributed by atoms with E-state index >= 15 is 0 Å². The fourth-order valence-corrected chi connectivity index (χ4v) is 5.46. The van der Waals surface area contributed by atoms with Crippen molar-refractivity contribution in [2.24, 2.45) is 0 Å². The molecule has 0 aliphatic heterocycles. The van der Waals surface area contributed by atoms with Crippen LogP contribution in [0.25, 0.3) is 10.2 Å². The summed E-state index contributed by atoms with van der Waals surface area (Å²) in [4.78, 5) is 31.8. The molecular weight excluding hydrogens is 356 g/mol. The zero-order valence-electron chi connectivity index (χ0n) is 15.0. The van der Waals surface area contributed by atoms with Gasteiger partial charge in [-0.25, -0.2) is 4.98 Å². The summed E-state index contributed by atoms with van der Waals surface area (Å²) in [5.41, 5.74) is 1.27. The zero-order valence-corrected chi connectivity index (χ0v) is 16.6. The highest BCUT2D eigenvalue weighted by atomic mass is 32.2. The van der Waals surface area contributed by atoms with Crippen molar-refractivity contribution in [1.29, 1.82) is 0 Å². The number of hydrogen-bond acceptors (Lipinski definition) is 6. The Morgan fingerprint density at radius 2 is 2.12 bits per heavy atom. The molecule has 0 aromatic carbocycles. The first-order valence-corrected chi connectivity index (χ1v) is 10.6. The van der Waals surface area contributed by atoms with Gasteiger partial charge in [0.2, 0.25) is 0 Å². The number of aromatic nitrogens is 2. The summed E-state index contributed by atoms with van der Waals surface area (Å²) < 4.78 is 6.50. The summed E-state index contributed by atoms with van der Waals surface area (Å²) in [6, 6.07) is 0.0471. The average molecular weight is 381 g/mol. The molecule has 1 unspecified atom stereocenters. The Hall–Kier alpha value is -1.34. The first kappa shape index (κ1) is 18.5. The molecule has 0 N–H and O–H groups in total. The van der Waals surface area contributed by atoms with Crippen molar-refractivity contribution in [3.63, 3.8) is 0 Å². The molecule has 2 aromatic heterocycles. The topological polar surface area (TPSA) is 61.2 Å². The molecule has 0 fully saturated rings. The Morgan fingerprint density at radius 1 is 1.36 bits per heavy atom. The smallest absolute Gasteiger partial charge is 0.316 e. The summed E-state index contributed by atoms with van der Waals surface area (Å²) in [5.74, 6) is -0.146. The monoisotopic (exact) mass is 380 g/mol. The molecule has 1 atom stereocenters. The van der Waals surface area contributed by atoms with Crippen LogP contribution in [0.4, 0.5) is 0 Å². The number of rotatable bonds is 5. The van der Waals surface area contributed by atoms with Crippen molar-refractivity contribution in [1.82, 2.24) is 9.55 Å². The third-order valence-corrected chi connectivity index (χ3v) is 6.93. The van der Waals surface area contributed by atoms with Gasteiger partial charge in [-0.3, -0.25) is 14.2 Å². The van der Waals surface area contributed by atoms with E-state index in [9.17, 15) is 9.59 Å². The minimum absolute atomic E-state index is 0.0471. The molecule has 3 rings (SSSR count). The predicted octanol–water partition coefficient (Wildman–Crippen LogP) is 3.96. The van der Waals surface area contributed by atoms with Gasteiger partial charge in [0.25, 0.3) is 5.56 Å². The molecule has 0 saturated carbocycles. The highest BCUT2D eigenvalue weighted by Gasteiger charge is 2.23. The highest BCUT2D eigenvalue weighted by molar-refractivity contribution is 7.99. The van der Waals surface area contributed by atoms with Gasteiger partial charge in [-0.1, -0.05) is 25.1 Å². The zero-order chi connectivity index (χ0) is 18.0. The molecule has 1 aliphatic rings. The normalized spacial score (nSPS) is 15.6. The summed E-state index contributed by atoms with van der Waals surface area (Å²) in [5, 5.41) is 1.43. The van der Waals surface area contributed by atoms with Crippen LogP contribution in [0.2, 0.25) is 0 Å². The molecule has 0 bridgehead atoms. The molecule has 1 aliphatic carbocycles. The van der Waals surface area contributed by atoms with Crippen molar-refractivity contribution in [3.8, 4) is 0 Å². The number of fused-ring (bicyclic) bond motifs is 3. The van der Waals surface area contributed by atoms with Gasteiger partial charge >= 0.3 is 5.97 Å². The molecule has 7 heteroatoms. The molecule has 0 radical (unpaired) electrons. The summed E-state index contributed by atoms with van der Waals surface area (Å²) >= 11 is 2.94. The Labute approximate surface area is 155 Å². The molecule has 0 spiro atoms. The molecule has 0 saturated heterocycles. The Kier molecular flexibility index (Phi) is 5.84. The van der Waals surface area contributed by atoms with Crippen LogP contribution in [0.15, 0.2) is 9.95 Å². The Morgan fingerprint density at radius 3 is 2.84 bits per heavy atom. The third-order valence-electron chi connectivity index (χ3n) is 4.82. The van der Waals surface area contributed by atoms with Crippen LogP contribution in [0, 0.1) is 0 Å². The average Bonchev–Trinajstić information content (AvgIpc) is 2.80. The highest BCUT2D eigenvalue weighted by Crippen LogP contribution is 2.34. The minimum atomic E-state index is -0.308. The fraction of sp³-hybridized carbons (Fsp3) is 0.611. The molecule has 136 valence electrons. The Bertz CT molecular complexity index is 841. The van der Waals surface area contributed by atoms with Crippen LogP contribution < -0.4 is 5.56 Å². The number of esters is 1. The predicted molar refractivity (Wildman–Crippen MR) is 103 cm³/mol. The van der Waals surface area contributed by atoms with E-state index in [1.807, 2.05) is 6.92 Å². The maximum absolute atomic E-state index is 13.3. The van der Waals surface area contributed by atoms with Crippen molar-refractivity contribution in [2.45, 2.75) is 63.6 Å². The van der Waals surface area contributed by atoms with Gasteiger partial charge in [0, 0.05) is 10.9 Å². The second-order valence-electron chi connectivity index (χ2n) is 6.44. The van der Waals surface area contributed by atoms with E-state index in [0.29, 0.717) is 5.16 Å². The molecule has 25 heavy (non-hydrogen) atoms. The largest absolute Gasteiger partial charge is 0.468 e. The van der Waals surface area contributed by atoms with E-state index in [1.165, 1.54) is 42.2 Å². The summed E-state index contributed by atoms with van der Waals surface area (Å²) in [6.07, 6.45) is 6.41. The number of carbonyl (C=O) groups is 1. The number of carbonyl (C=O) groups excluding carboxylic acids is 1. The van der Waals surface area contributed by atoms with E-state index in [2.05, 4.69) is 6.92 Å². The lowest BCUT2D eigenvalue weighted by atomic mass is 10.1. The van der Waals surface area contributed by atoms with Gasteiger partial charge in [0.15, 0.2) is 5.16 Å². The van der Waals surface area contributed by atoms with Crippen LogP contribution in [-0.2, 0) is 22.4 Å². The second kappa shape index (κ2) is 7.91. The standard InChI is InChI=1S/C18H24N2O3S2/c1-4-11(2)20-17(22)15-12-8-6-5-7-9-13(12)25-16(15)19-18(20)24-10-14(21)23-3/h11H,4-10H2,1-3H3. The first-order chi connectivity index (χ1) is 12.1. The van der Waals surface area contributed by atoms with E-state index in [0.717, 1.165) is 35.9 Å². The number of methoxy groups -OCH3 is 1. The number of thiophene rings is 1. The van der Waals surface area contributed by atoms with E-state index in [4.69, 9.17) is 9.72 Å². The van der Waals surface area contributed by atoms with Gasteiger partial charge in [-0.05, 0) is 44.6 Å². The molecule has 0 amide bonds. The van der Waals surface area contributed by atoms with Gasteiger partial charge in [-0.15, -0.1) is 11.3 Å². The number of thioether (sulfide) groups is 1. The lowest BCUT2D eigenvalue weighted by molar-refractivity contribution is -0.137. The molecule has 2 heterocycles. The van der Waals surface area contributed by atoms with Crippen LogP contribution in [0.5, 0.6) is 0 Å². The number of aryl methyl sites for hydroxylation is 2. The van der Waals surface area contributed by atoms with Crippen molar-refractivity contribution in [3.05, 3.63) is 20.8 Å². The van der Waals surface area contributed by atoms with Crippen molar-refractivity contribution >= 4 is 39.3 Å².